The summed E-state index contributed by atoms with van der Waals surface area (Å²) < 4.78 is 2.33. The number of imidazole rings is 1. The first-order valence-corrected chi connectivity index (χ1v) is 23.5. The number of fused-ring (bicyclic) bond motifs is 12. The molecule has 0 atom stereocenters. The van der Waals surface area contributed by atoms with E-state index in [2.05, 4.69) is 249 Å². The summed E-state index contributed by atoms with van der Waals surface area (Å²) in [6.45, 7) is 4.84. The van der Waals surface area contributed by atoms with Gasteiger partial charge in [0.15, 0.2) is 0 Å². The van der Waals surface area contributed by atoms with Crippen molar-refractivity contribution in [2.75, 3.05) is 0 Å². The standard InChI is InChI=1S/C65H44N2/c1-64(2)57-38-46(41-32-34-45(35-33-41)63-66-61(43-18-6-3-7-19-43)62(44-20-8-4-9-21-44)67(63)47-24-10-5-11-25-47)36-37-50(57)52-40-59-53(39-58(52)64)51-28-16-22-42-23-17-31-56(60(42)51)65(59)54-29-14-12-26-48(54)49-27-13-15-30-55(49)65/h3-40H,1-2H3. The van der Waals surface area contributed by atoms with Crippen LogP contribution >= 0.6 is 0 Å². The first kappa shape index (κ1) is 38.0. The molecule has 3 aliphatic carbocycles. The van der Waals surface area contributed by atoms with Gasteiger partial charge < -0.3 is 0 Å². The highest BCUT2D eigenvalue weighted by molar-refractivity contribution is 6.08. The van der Waals surface area contributed by atoms with Crippen molar-refractivity contribution in [1.29, 1.82) is 0 Å². The van der Waals surface area contributed by atoms with Gasteiger partial charge >= 0.3 is 0 Å². The van der Waals surface area contributed by atoms with E-state index in [0.29, 0.717) is 0 Å². The smallest absolute Gasteiger partial charge is 0.145 e. The predicted octanol–water partition coefficient (Wildman–Crippen LogP) is 16.3. The van der Waals surface area contributed by atoms with Crippen molar-refractivity contribution in [1.82, 2.24) is 9.55 Å². The van der Waals surface area contributed by atoms with E-state index in [0.717, 1.165) is 39.6 Å². The van der Waals surface area contributed by atoms with Crippen molar-refractivity contribution in [3.63, 3.8) is 0 Å². The lowest BCUT2D eigenvalue weighted by Gasteiger charge is -2.40. The van der Waals surface area contributed by atoms with Crippen LogP contribution in [0.2, 0.25) is 0 Å². The van der Waals surface area contributed by atoms with Crippen molar-refractivity contribution >= 4 is 10.8 Å². The number of aromatic nitrogens is 2. The van der Waals surface area contributed by atoms with Crippen LogP contribution in [0.4, 0.5) is 0 Å². The molecule has 0 bridgehead atoms. The van der Waals surface area contributed by atoms with Gasteiger partial charge in [0.1, 0.15) is 5.82 Å². The number of hydrogen-bond donors (Lipinski definition) is 0. The van der Waals surface area contributed by atoms with Gasteiger partial charge in [0.25, 0.3) is 0 Å². The third-order valence-electron chi connectivity index (χ3n) is 15.2. The lowest BCUT2D eigenvalue weighted by Crippen LogP contribution is -2.32. The summed E-state index contributed by atoms with van der Waals surface area (Å²) in [6.07, 6.45) is 0. The minimum atomic E-state index is -0.445. The Morgan fingerprint density at radius 3 is 1.55 bits per heavy atom. The third kappa shape index (κ3) is 5.24. The maximum Gasteiger partial charge on any atom is 0.145 e. The molecule has 2 nitrogen and oxygen atoms in total. The Morgan fingerprint density at radius 2 is 0.851 bits per heavy atom. The van der Waals surface area contributed by atoms with E-state index in [1.54, 1.807) is 0 Å². The molecule has 0 radical (unpaired) electrons. The molecular formula is C65H44N2. The molecule has 314 valence electrons. The number of benzene rings is 10. The second kappa shape index (κ2) is 14.1. The van der Waals surface area contributed by atoms with Crippen LogP contribution in [0.3, 0.4) is 0 Å². The Bertz CT molecular complexity index is 3750. The van der Waals surface area contributed by atoms with Crippen LogP contribution in [0.25, 0.3) is 94.9 Å². The fraction of sp³-hybridized carbons (Fsp3) is 0.0615. The van der Waals surface area contributed by atoms with Crippen LogP contribution in [0, 0.1) is 0 Å². The molecular weight excluding hydrogens is 809 g/mol. The minimum absolute atomic E-state index is 0.221. The minimum Gasteiger partial charge on any atom is -0.292 e. The largest absolute Gasteiger partial charge is 0.292 e. The van der Waals surface area contributed by atoms with Crippen LogP contribution in [-0.4, -0.2) is 9.55 Å². The molecule has 0 saturated carbocycles. The fourth-order valence-corrected chi connectivity index (χ4v) is 12.2. The normalized spacial score (nSPS) is 14.1. The third-order valence-corrected chi connectivity index (χ3v) is 15.2. The Hall–Kier alpha value is -8.33. The van der Waals surface area contributed by atoms with Gasteiger partial charge in [0, 0.05) is 27.8 Å². The Labute approximate surface area is 391 Å². The van der Waals surface area contributed by atoms with E-state index in [1.165, 1.54) is 88.7 Å². The quantitative estimate of drug-likeness (QED) is 0.169. The zero-order valence-electron chi connectivity index (χ0n) is 37.3. The molecule has 0 fully saturated rings. The van der Waals surface area contributed by atoms with Crippen molar-refractivity contribution < 1.29 is 0 Å². The second-order valence-corrected chi connectivity index (χ2v) is 19.0. The summed E-state index contributed by atoms with van der Waals surface area (Å²) >= 11 is 0. The Kier molecular flexibility index (Phi) is 7.99. The zero-order valence-corrected chi connectivity index (χ0v) is 37.3. The summed E-state index contributed by atoms with van der Waals surface area (Å²) in [5.74, 6) is 0.910. The van der Waals surface area contributed by atoms with Crippen molar-refractivity contribution in [2.24, 2.45) is 0 Å². The van der Waals surface area contributed by atoms with E-state index in [4.69, 9.17) is 4.98 Å². The molecule has 1 aromatic heterocycles. The van der Waals surface area contributed by atoms with Crippen molar-refractivity contribution in [3.05, 3.63) is 264 Å². The predicted molar refractivity (Wildman–Crippen MR) is 277 cm³/mol. The molecule has 0 amide bonds. The monoisotopic (exact) mass is 852 g/mol. The SMILES string of the molecule is CC1(C)c2cc(-c3ccc(-c4nc(-c5ccccc5)c(-c5ccccc5)n4-c4ccccc4)cc3)ccc2-c2cc3c(cc21)-c1cccc2cccc(c12)C31c2ccccc2-c2ccccc21. The van der Waals surface area contributed by atoms with Gasteiger partial charge in [0.2, 0.25) is 0 Å². The zero-order chi connectivity index (χ0) is 44.4. The van der Waals surface area contributed by atoms with E-state index < -0.39 is 5.41 Å². The molecule has 1 heterocycles. The van der Waals surface area contributed by atoms with Crippen LogP contribution in [0.1, 0.15) is 47.2 Å². The van der Waals surface area contributed by atoms with Gasteiger partial charge in [-0.15, -0.1) is 0 Å². The number of nitrogens with zero attached hydrogens (tertiary/aromatic N) is 2. The molecule has 0 N–H and O–H groups in total. The highest BCUT2D eigenvalue weighted by atomic mass is 15.1. The second-order valence-electron chi connectivity index (χ2n) is 19.0. The summed E-state index contributed by atoms with van der Waals surface area (Å²) in [5, 5.41) is 2.65. The molecule has 67 heavy (non-hydrogen) atoms. The lowest BCUT2D eigenvalue weighted by atomic mass is 9.61. The van der Waals surface area contributed by atoms with Gasteiger partial charge in [-0.1, -0.05) is 214 Å². The summed E-state index contributed by atoms with van der Waals surface area (Å²) in [6, 6.07) is 85.3. The molecule has 0 unspecified atom stereocenters. The van der Waals surface area contributed by atoms with Crippen LogP contribution in [0.5, 0.6) is 0 Å². The Balaban J connectivity index is 0.918. The maximum absolute atomic E-state index is 5.47. The number of hydrogen-bond acceptors (Lipinski definition) is 1. The number of para-hydroxylation sites is 1. The van der Waals surface area contributed by atoms with Gasteiger partial charge in [-0.25, -0.2) is 4.98 Å². The van der Waals surface area contributed by atoms with Crippen LogP contribution in [0.15, 0.2) is 231 Å². The molecule has 14 rings (SSSR count). The Morgan fingerprint density at radius 1 is 0.343 bits per heavy atom. The van der Waals surface area contributed by atoms with E-state index in [-0.39, 0.29) is 5.41 Å². The van der Waals surface area contributed by atoms with E-state index in [1.807, 2.05) is 0 Å². The van der Waals surface area contributed by atoms with E-state index in [9.17, 15) is 0 Å². The average Bonchev–Trinajstić information content (AvgIpc) is 4.00. The van der Waals surface area contributed by atoms with Crippen molar-refractivity contribution in [2.45, 2.75) is 24.7 Å². The maximum atomic E-state index is 5.47. The molecule has 0 saturated heterocycles. The average molecular weight is 853 g/mol. The molecule has 0 aliphatic heterocycles. The molecule has 3 aliphatic rings. The summed E-state index contributed by atoms with van der Waals surface area (Å²) in [7, 11) is 0. The highest BCUT2D eigenvalue weighted by Crippen LogP contribution is 2.64. The topological polar surface area (TPSA) is 17.8 Å². The molecule has 11 aromatic rings. The van der Waals surface area contributed by atoms with E-state index >= 15 is 0 Å². The first-order valence-electron chi connectivity index (χ1n) is 23.5. The summed E-state index contributed by atoms with van der Waals surface area (Å²) in [4.78, 5) is 5.47. The van der Waals surface area contributed by atoms with Gasteiger partial charge in [-0.3, -0.25) is 4.57 Å². The molecule has 1 spiro atoms. The van der Waals surface area contributed by atoms with Gasteiger partial charge in [0.05, 0.1) is 16.8 Å². The molecule has 10 aromatic carbocycles. The van der Waals surface area contributed by atoms with Crippen molar-refractivity contribution in [3.8, 4) is 84.1 Å². The fourth-order valence-electron chi connectivity index (χ4n) is 12.2. The lowest BCUT2D eigenvalue weighted by molar-refractivity contribution is 0.659. The summed E-state index contributed by atoms with van der Waals surface area (Å²) in [5.41, 5.74) is 24.3. The van der Waals surface area contributed by atoms with Crippen LogP contribution in [-0.2, 0) is 10.8 Å². The number of rotatable bonds is 5. The van der Waals surface area contributed by atoms with Gasteiger partial charge in [-0.2, -0.15) is 0 Å². The molecule has 2 heteroatoms. The first-order chi connectivity index (χ1) is 33.0. The van der Waals surface area contributed by atoms with Gasteiger partial charge in [-0.05, 0) is 119 Å². The van der Waals surface area contributed by atoms with Crippen LogP contribution < -0.4 is 0 Å². The highest BCUT2D eigenvalue weighted by Gasteiger charge is 2.51.